The fraction of sp³-hybridized carbons (Fsp3) is 0.0588. The van der Waals surface area contributed by atoms with Crippen molar-refractivity contribution in [2.24, 2.45) is 0 Å². The molecule has 1 aromatic carbocycles. The van der Waals surface area contributed by atoms with E-state index >= 15 is 0 Å². The molecular formula is C17H13N3O3S. The zero-order chi connectivity index (χ0) is 16.9. The van der Waals surface area contributed by atoms with E-state index in [1.165, 1.54) is 29.7 Å². The quantitative estimate of drug-likeness (QED) is 0.745. The average Bonchev–Trinajstić information content (AvgIpc) is 3.04. The highest BCUT2D eigenvalue weighted by Crippen LogP contribution is 2.24. The van der Waals surface area contributed by atoms with E-state index in [2.05, 4.69) is 15.3 Å². The minimum atomic E-state index is -1.11. The van der Waals surface area contributed by atoms with E-state index in [1.54, 1.807) is 0 Å². The van der Waals surface area contributed by atoms with Crippen molar-refractivity contribution in [1.29, 1.82) is 0 Å². The molecule has 0 aliphatic carbocycles. The summed E-state index contributed by atoms with van der Waals surface area (Å²) in [6.45, 7) is 0. The van der Waals surface area contributed by atoms with E-state index in [4.69, 9.17) is 5.11 Å². The maximum Gasteiger partial charge on any atom is 0.337 e. The number of benzene rings is 1. The number of anilines is 1. The van der Waals surface area contributed by atoms with Crippen molar-refractivity contribution in [2.45, 2.75) is 6.42 Å². The first-order chi connectivity index (χ1) is 11.6. The average molecular weight is 339 g/mol. The molecule has 0 aliphatic heterocycles. The number of aromatic carboxylic acids is 1. The van der Waals surface area contributed by atoms with Gasteiger partial charge in [0.05, 0.1) is 23.4 Å². The summed E-state index contributed by atoms with van der Waals surface area (Å²) in [7, 11) is 0. The summed E-state index contributed by atoms with van der Waals surface area (Å²) in [5.41, 5.74) is 1.99. The molecule has 2 heterocycles. The number of nitrogens with zero attached hydrogens (tertiary/aromatic N) is 2. The lowest BCUT2D eigenvalue weighted by Gasteiger charge is -2.04. The molecule has 1 amide bonds. The molecule has 0 unspecified atom stereocenters. The Balaban J connectivity index is 1.70. The van der Waals surface area contributed by atoms with Crippen molar-refractivity contribution in [3.63, 3.8) is 0 Å². The zero-order valence-corrected chi connectivity index (χ0v) is 13.3. The highest BCUT2D eigenvalue weighted by atomic mass is 32.1. The predicted molar refractivity (Wildman–Crippen MR) is 91.1 cm³/mol. The summed E-state index contributed by atoms with van der Waals surface area (Å²) in [5.74, 6) is -1.46. The maximum absolute atomic E-state index is 12.1. The SMILES string of the molecule is O=C(Cc1ncccc1C(=O)O)Nc1nc(-c2ccccc2)cs1. The standard InChI is InChI=1S/C17H13N3O3S/c21-15(9-13-12(16(22)23)7-4-8-18-13)20-17-19-14(10-24-17)11-5-2-1-3-6-11/h1-8,10H,9H2,(H,22,23)(H,19,20,21). The fourth-order valence-electron chi connectivity index (χ4n) is 2.16. The van der Waals surface area contributed by atoms with E-state index in [0.29, 0.717) is 5.13 Å². The van der Waals surface area contributed by atoms with Crippen LogP contribution in [0.15, 0.2) is 54.0 Å². The fourth-order valence-corrected chi connectivity index (χ4v) is 2.90. The minimum absolute atomic E-state index is 0.0248. The molecule has 2 N–H and O–H groups in total. The van der Waals surface area contributed by atoms with Crippen LogP contribution < -0.4 is 5.32 Å². The molecule has 0 spiro atoms. The second-order valence-electron chi connectivity index (χ2n) is 4.93. The highest BCUT2D eigenvalue weighted by molar-refractivity contribution is 7.14. The second-order valence-corrected chi connectivity index (χ2v) is 5.79. The van der Waals surface area contributed by atoms with Crippen LogP contribution in [0.4, 0.5) is 5.13 Å². The Hall–Kier alpha value is -3.06. The van der Waals surface area contributed by atoms with Gasteiger partial charge in [-0.3, -0.25) is 9.78 Å². The van der Waals surface area contributed by atoms with Gasteiger partial charge in [-0.1, -0.05) is 30.3 Å². The molecule has 0 atom stereocenters. The van der Waals surface area contributed by atoms with E-state index in [1.807, 2.05) is 35.7 Å². The second kappa shape index (κ2) is 7.01. The first-order valence-electron chi connectivity index (χ1n) is 7.11. The van der Waals surface area contributed by atoms with Gasteiger partial charge in [0.1, 0.15) is 0 Å². The van der Waals surface area contributed by atoms with Gasteiger partial charge in [-0.15, -0.1) is 11.3 Å². The monoisotopic (exact) mass is 339 g/mol. The van der Waals surface area contributed by atoms with Gasteiger partial charge in [0, 0.05) is 17.1 Å². The number of carboxylic acids is 1. The number of carbonyl (C=O) groups is 2. The van der Waals surface area contributed by atoms with E-state index < -0.39 is 5.97 Å². The summed E-state index contributed by atoms with van der Waals surface area (Å²) >= 11 is 1.31. The van der Waals surface area contributed by atoms with E-state index in [0.717, 1.165) is 11.3 Å². The maximum atomic E-state index is 12.1. The molecule has 0 saturated carbocycles. The van der Waals surface area contributed by atoms with Gasteiger partial charge in [-0.05, 0) is 12.1 Å². The number of amides is 1. The number of pyridine rings is 1. The van der Waals surface area contributed by atoms with Gasteiger partial charge in [-0.25, -0.2) is 9.78 Å². The third-order valence-corrected chi connectivity index (χ3v) is 4.03. The number of carbonyl (C=O) groups excluding carboxylic acids is 1. The predicted octanol–water partition coefficient (Wildman–Crippen LogP) is 3.08. The summed E-state index contributed by atoms with van der Waals surface area (Å²) in [6, 6.07) is 12.6. The van der Waals surface area contributed by atoms with Crippen LogP contribution in [-0.4, -0.2) is 27.0 Å². The highest BCUT2D eigenvalue weighted by Gasteiger charge is 2.15. The largest absolute Gasteiger partial charge is 0.478 e. The number of thiazole rings is 1. The first-order valence-corrected chi connectivity index (χ1v) is 7.99. The molecule has 120 valence electrons. The van der Waals surface area contributed by atoms with Crippen LogP contribution >= 0.6 is 11.3 Å². The minimum Gasteiger partial charge on any atom is -0.478 e. The molecule has 3 aromatic rings. The number of hydrogen-bond acceptors (Lipinski definition) is 5. The number of carboxylic acid groups (broad SMARTS) is 1. The van der Waals surface area contributed by atoms with Crippen LogP contribution in [-0.2, 0) is 11.2 Å². The number of aromatic nitrogens is 2. The number of rotatable bonds is 5. The van der Waals surface area contributed by atoms with Crippen LogP contribution in [0.2, 0.25) is 0 Å². The van der Waals surface area contributed by atoms with Gasteiger partial charge in [-0.2, -0.15) is 0 Å². The van der Waals surface area contributed by atoms with Gasteiger partial charge in [0.2, 0.25) is 5.91 Å². The van der Waals surface area contributed by atoms with Crippen molar-refractivity contribution in [1.82, 2.24) is 9.97 Å². The molecule has 2 aromatic heterocycles. The molecule has 0 saturated heterocycles. The van der Waals surface area contributed by atoms with Gasteiger partial charge in [0.15, 0.2) is 5.13 Å². The van der Waals surface area contributed by atoms with Crippen molar-refractivity contribution in [3.05, 3.63) is 65.3 Å². The van der Waals surface area contributed by atoms with E-state index in [-0.39, 0.29) is 23.6 Å². The van der Waals surface area contributed by atoms with Crippen LogP contribution in [0.25, 0.3) is 11.3 Å². The van der Waals surface area contributed by atoms with Gasteiger partial charge < -0.3 is 10.4 Å². The third-order valence-electron chi connectivity index (χ3n) is 3.27. The molecule has 0 radical (unpaired) electrons. The summed E-state index contributed by atoms with van der Waals surface area (Å²) in [5, 5.41) is 14.1. The molecule has 0 aliphatic rings. The van der Waals surface area contributed by atoms with Crippen molar-refractivity contribution in [2.75, 3.05) is 5.32 Å². The Kier molecular flexibility index (Phi) is 4.62. The van der Waals surface area contributed by atoms with Crippen LogP contribution in [0, 0.1) is 0 Å². The van der Waals surface area contributed by atoms with Crippen molar-refractivity contribution < 1.29 is 14.7 Å². The van der Waals surface area contributed by atoms with Crippen LogP contribution in [0.1, 0.15) is 16.1 Å². The molecule has 0 fully saturated rings. The van der Waals surface area contributed by atoms with Crippen molar-refractivity contribution >= 4 is 28.3 Å². The Morgan fingerprint density at radius 3 is 2.67 bits per heavy atom. The Morgan fingerprint density at radius 2 is 1.92 bits per heavy atom. The zero-order valence-electron chi connectivity index (χ0n) is 12.5. The smallest absolute Gasteiger partial charge is 0.337 e. The van der Waals surface area contributed by atoms with Crippen molar-refractivity contribution in [3.8, 4) is 11.3 Å². The molecule has 7 heteroatoms. The van der Waals surface area contributed by atoms with Crippen LogP contribution in [0.3, 0.4) is 0 Å². The Bertz CT molecular complexity index is 878. The molecule has 3 rings (SSSR count). The number of nitrogens with one attached hydrogen (secondary N) is 1. The molecular weight excluding hydrogens is 326 g/mol. The first kappa shape index (κ1) is 15.8. The molecule has 24 heavy (non-hydrogen) atoms. The normalized spacial score (nSPS) is 10.3. The lowest BCUT2D eigenvalue weighted by atomic mass is 10.1. The van der Waals surface area contributed by atoms with Gasteiger partial charge >= 0.3 is 5.97 Å². The van der Waals surface area contributed by atoms with Gasteiger partial charge in [0.25, 0.3) is 0 Å². The summed E-state index contributed by atoms with van der Waals surface area (Å²) < 4.78 is 0. The summed E-state index contributed by atoms with van der Waals surface area (Å²) in [6.07, 6.45) is 1.34. The lowest BCUT2D eigenvalue weighted by Crippen LogP contribution is -2.17. The van der Waals surface area contributed by atoms with Crippen LogP contribution in [0.5, 0.6) is 0 Å². The Labute approximate surface area is 141 Å². The summed E-state index contributed by atoms with van der Waals surface area (Å²) in [4.78, 5) is 31.6. The lowest BCUT2D eigenvalue weighted by molar-refractivity contribution is -0.115. The number of hydrogen-bond donors (Lipinski definition) is 2. The molecule has 6 nitrogen and oxygen atoms in total. The topological polar surface area (TPSA) is 92.2 Å². The van der Waals surface area contributed by atoms with E-state index in [9.17, 15) is 9.59 Å². The molecule has 0 bridgehead atoms. The Morgan fingerprint density at radius 1 is 1.12 bits per heavy atom. The third kappa shape index (κ3) is 3.64.